The molecule has 1 unspecified atom stereocenters. The van der Waals surface area contributed by atoms with Gasteiger partial charge in [-0.2, -0.15) is 0 Å². The summed E-state index contributed by atoms with van der Waals surface area (Å²) in [5.41, 5.74) is 1.10. The molecule has 0 bridgehead atoms. The largest absolute Gasteiger partial charge is 0.481 e. The maximum absolute atomic E-state index is 13.6. The Morgan fingerprint density at radius 3 is 2.40 bits per heavy atom. The molecular formula is C16H15FO3. The number of aliphatic carboxylic acids is 1. The molecule has 2 aromatic rings. The fraction of sp³-hybridized carbons (Fsp3) is 0.188. The molecule has 0 aliphatic carbocycles. The first kappa shape index (κ1) is 14.2. The Kier molecular flexibility index (Phi) is 4.85. The lowest BCUT2D eigenvalue weighted by Crippen LogP contribution is -2.19. The van der Waals surface area contributed by atoms with E-state index in [2.05, 4.69) is 0 Å². The number of hydrogen-bond donors (Lipinski definition) is 1. The lowest BCUT2D eigenvalue weighted by atomic mass is 10.00. The van der Waals surface area contributed by atoms with Crippen molar-refractivity contribution in [2.75, 3.05) is 6.61 Å². The van der Waals surface area contributed by atoms with Crippen LogP contribution in [0.15, 0.2) is 54.6 Å². The molecule has 0 fully saturated rings. The van der Waals surface area contributed by atoms with Crippen molar-refractivity contribution in [1.82, 2.24) is 0 Å². The molecule has 0 heterocycles. The predicted octanol–water partition coefficient (Wildman–Crippen LogP) is 3.21. The summed E-state index contributed by atoms with van der Waals surface area (Å²) in [6, 6.07) is 15.3. The molecule has 0 saturated heterocycles. The number of carboxylic acids is 1. The van der Waals surface area contributed by atoms with Gasteiger partial charge in [-0.3, -0.25) is 4.79 Å². The van der Waals surface area contributed by atoms with Gasteiger partial charge in [0.2, 0.25) is 0 Å². The van der Waals surface area contributed by atoms with E-state index in [0.29, 0.717) is 6.61 Å². The van der Waals surface area contributed by atoms with Gasteiger partial charge in [0.05, 0.1) is 13.2 Å². The van der Waals surface area contributed by atoms with Crippen LogP contribution in [0, 0.1) is 5.82 Å². The summed E-state index contributed by atoms with van der Waals surface area (Å²) in [5.74, 6) is -2.62. The van der Waals surface area contributed by atoms with Gasteiger partial charge in [-0.15, -0.1) is 0 Å². The Morgan fingerprint density at radius 2 is 1.75 bits per heavy atom. The number of rotatable bonds is 6. The Hall–Kier alpha value is -2.20. The molecule has 0 radical (unpaired) electrons. The third-order valence-corrected chi connectivity index (χ3v) is 2.97. The van der Waals surface area contributed by atoms with Crippen LogP contribution in [0.4, 0.5) is 4.39 Å². The number of benzene rings is 2. The van der Waals surface area contributed by atoms with Crippen molar-refractivity contribution in [3.63, 3.8) is 0 Å². The van der Waals surface area contributed by atoms with Crippen molar-refractivity contribution in [2.24, 2.45) is 0 Å². The summed E-state index contributed by atoms with van der Waals surface area (Å²) < 4.78 is 19.0. The van der Waals surface area contributed by atoms with Crippen LogP contribution in [0.3, 0.4) is 0 Å². The Labute approximate surface area is 116 Å². The molecule has 0 aromatic heterocycles. The zero-order valence-corrected chi connectivity index (χ0v) is 10.8. The minimum Gasteiger partial charge on any atom is -0.481 e. The van der Waals surface area contributed by atoms with Crippen molar-refractivity contribution in [2.45, 2.75) is 12.5 Å². The minimum absolute atomic E-state index is 0.0643. The molecule has 0 saturated carbocycles. The first-order chi connectivity index (χ1) is 9.68. The molecule has 4 heteroatoms. The van der Waals surface area contributed by atoms with Crippen LogP contribution in [-0.4, -0.2) is 17.7 Å². The van der Waals surface area contributed by atoms with E-state index < -0.39 is 17.7 Å². The van der Waals surface area contributed by atoms with Gasteiger partial charge in [-0.05, 0) is 11.6 Å². The summed E-state index contributed by atoms with van der Waals surface area (Å²) >= 11 is 0. The Balaban J connectivity index is 2.01. The van der Waals surface area contributed by atoms with Gasteiger partial charge in [0.15, 0.2) is 0 Å². The molecule has 1 atom stereocenters. The lowest BCUT2D eigenvalue weighted by molar-refractivity contribution is -0.140. The highest BCUT2D eigenvalue weighted by atomic mass is 19.1. The van der Waals surface area contributed by atoms with E-state index in [9.17, 15) is 14.3 Å². The average molecular weight is 274 g/mol. The van der Waals surface area contributed by atoms with Crippen molar-refractivity contribution >= 4 is 5.97 Å². The fourth-order valence-corrected chi connectivity index (χ4v) is 1.92. The molecule has 0 aliphatic rings. The second-order valence-electron chi connectivity index (χ2n) is 4.41. The number of ether oxygens (including phenoxy) is 1. The Bertz CT molecular complexity index is 569. The number of carboxylic acid groups (broad SMARTS) is 1. The van der Waals surface area contributed by atoms with Gasteiger partial charge in [0.25, 0.3) is 0 Å². The van der Waals surface area contributed by atoms with Gasteiger partial charge in [-0.1, -0.05) is 48.5 Å². The van der Waals surface area contributed by atoms with Crippen LogP contribution in [0.25, 0.3) is 0 Å². The molecular weight excluding hydrogens is 259 g/mol. The van der Waals surface area contributed by atoms with Crippen molar-refractivity contribution in [1.29, 1.82) is 0 Å². The van der Waals surface area contributed by atoms with Crippen molar-refractivity contribution < 1.29 is 19.0 Å². The van der Waals surface area contributed by atoms with Crippen LogP contribution in [0.5, 0.6) is 0 Å². The van der Waals surface area contributed by atoms with E-state index in [4.69, 9.17) is 4.74 Å². The van der Waals surface area contributed by atoms with Crippen LogP contribution in [-0.2, 0) is 16.1 Å². The maximum Gasteiger partial charge on any atom is 0.313 e. The second-order valence-corrected chi connectivity index (χ2v) is 4.41. The average Bonchev–Trinajstić information content (AvgIpc) is 2.45. The molecule has 0 amide bonds. The first-order valence-electron chi connectivity index (χ1n) is 6.27. The smallest absolute Gasteiger partial charge is 0.313 e. The number of hydrogen-bond acceptors (Lipinski definition) is 2. The quantitative estimate of drug-likeness (QED) is 0.879. The molecule has 104 valence electrons. The second kappa shape index (κ2) is 6.82. The maximum atomic E-state index is 13.6. The highest BCUT2D eigenvalue weighted by molar-refractivity contribution is 5.76. The van der Waals surface area contributed by atoms with Gasteiger partial charge >= 0.3 is 5.97 Å². The fourth-order valence-electron chi connectivity index (χ4n) is 1.92. The normalized spacial score (nSPS) is 12.1. The molecule has 2 aromatic carbocycles. The monoisotopic (exact) mass is 274 g/mol. The van der Waals surface area contributed by atoms with E-state index in [0.717, 1.165) is 5.56 Å². The molecule has 3 nitrogen and oxygen atoms in total. The van der Waals surface area contributed by atoms with E-state index >= 15 is 0 Å². The summed E-state index contributed by atoms with van der Waals surface area (Å²) in [6.07, 6.45) is 0. The van der Waals surface area contributed by atoms with Gasteiger partial charge in [0, 0.05) is 5.56 Å². The molecule has 1 N–H and O–H groups in total. The van der Waals surface area contributed by atoms with Crippen LogP contribution >= 0.6 is 0 Å². The first-order valence-corrected chi connectivity index (χ1v) is 6.27. The van der Waals surface area contributed by atoms with Crippen LogP contribution < -0.4 is 0 Å². The van der Waals surface area contributed by atoms with E-state index in [1.807, 2.05) is 30.3 Å². The third-order valence-electron chi connectivity index (χ3n) is 2.97. The number of halogens is 1. The molecule has 0 spiro atoms. The zero-order chi connectivity index (χ0) is 14.4. The molecule has 20 heavy (non-hydrogen) atoms. The van der Waals surface area contributed by atoms with Gasteiger partial charge in [-0.25, -0.2) is 4.39 Å². The van der Waals surface area contributed by atoms with E-state index in [-0.39, 0.29) is 12.2 Å². The molecule has 2 rings (SSSR count). The van der Waals surface area contributed by atoms with E-state index in [1.165, 1.54) is 18.2 Å². The minimum atomic E-state index is -1.09. The summed E-state index contributed by atoms with van der Waals surface area (Å²) in [4.78, 5) is 11.2. The Morgan fingerprint density at radius 1 is 1.10 bits per heavy atom. The van der Waals surface area contributed by atoms with Crippen LogP contribution in [0.2, 0.25) is 0 Å². The van der Waals surface area contributed by atoms with Crippen molar-refractivity contribution in [3.8, 4) is 0 Å². The highest BCUT2D eigenvalue weighted by Crippen LogP contribution is 2.20. The standard InChI is InChI=1S/C16H15FO3/c17-15-9-5-4-8-13(15)14(16(18)19)11-20-10-12-6-2-1-3-7-12/h1-9,14H,10-11H2,(H,18,19). The van der Waals surface area contributed by atoms with Gasteiger partial charge < -0.3 is 9.84 Å². The van der Waals surface area contributed by atoms with Gasteiger partial charge in [0.1, 0.15) is 11.7 Å². The topological polar surface area (TPSA) is 46.5 Å². The third kappa shape index (κ3) is 3.65. The zero-order valence-electron chi connectivity index (χ0n) is 10.8. The number of carbonyl (C=O) groups is 1. The predicted molar refractivity (Wildman–Crippen MR) is 72.9 cm³/mol. The highest BCUT2D eigenvalue weighted by Gasteiger charge is 2.23. The summed E-state index contributed by atoms with van der Waals surface area (Å²) in [7, 11) is 0. The SMILES string of the molecule is O=C(O)C(COCc1ccccc1)c1ccccc1F. The van der Waals surface area contributed by atoms with Crippen LogP contribution in [0.1, 0.15) is 17.0 Å². The lowest BCUT2D eigenvalue weighted by Gasteiger charge is -2.14. The molecule has 0 aliphatic heterocycles. The van der Waals surface area contributed by atoms with E-state index in [1.54, 1.807) is 6.07 Å². The summed E-state index contributed by atoms with van der Waals surface area (Å²) in [5, 5.41) is 9.20. The summed E-state index contributed by atoms with van der Waals surface area (Å²) in [6.45, 7) is 0.240. The van der Waals surface area contributed by atoms with Crippen molar-refractivity contribution in [3.05, 3.63) is 71.5 Å².